The highest BCUT2D eigenvalue weighted by Gasteiger charge is 2.21. The van der Waals surface area contributed by atoms with Crippen LogP contribution in [0.15, 0.2) is 0 Å². The predicted octanol–water partition coefficient (Wildman–Crippen LogP) is 0.842. The van der Waals surface area contributed by atoms with E-state index in [-0.39, 0.29) is 25.4 Å². The zero-order valence-corrected chi connectivity index (χ0v) is 9.31. The van der Waals surface area contributed by atoms with E-state index in [0.29, 0.717) is 0 Å². The molecule has 2 unspecified atom stereocenters. The van der Waals surface area contributed by atoms with E-state index in [1.807, 2.05) is 0 Å². The van der Waals surface area contributed by atoms with Crippen LogP contribution in [0.3, 0.4) is 0 Å². The molecule has 0 fully saturated rings. The molecule has 0 aliphatic rings. The van der Waals surface area contributed by atoms with Crippen molar-refractivity contribution in [3.63, 3.8) is 0 Å². The van der Waals surface area contributed by atoms with Crippen molar-refractivity contribution in [1.82, 2.24) is 0 Å². The van der Waals surface area contributed by atoms with Crippen LogP contribution in [0.5, 0.6) is 0 Å². The topological polar surface area (TPSA) is 112 Å². The lowest BCUT2D eigenvalue weighted by atomic mass is 10.0. The maximum Gasteiger partial charge on any atom is 0.306 e. The first kappa shape index (κ1) is 14.1. The number of hydrogen-bond donors (Lipinski definition) is 3. The van der Waals surface area contributed by atoms with Crippen molar-refractivity contribution in [2.24, 2.45) is 5.92 Å². The van der Waals surface area contributed by atoms with Crippen LogP contribution in [-0.4, -0.2) is 39.9 Å². The van der Waals surface area contributed by atoms with Crippen LogP contribution >= 0.6 is 7.37 Å². The molecule has 0 saturated carbocycles. The second kappa shape index (κ2) is 5.88. The van der Waals surface area contributed by atoms with Crippen LogP contribution in [0.25, 0.3) is 0 Å². The van der Waals surface area contributed by atoms with Gasteiger partial charge in [0.1, 0.15) is 0 Å². The average molecular weight is 238 g/mol. The van der Waals surface area contributed by atoms with Crippen molar-refractivity contribution in [3.05, 3.63) is 0 Å². The van der Waals surface area contributed by atoms with E-state index in [9.17, 15) is 14.2 Å². The zero-order valence-electron chi connectivity index (χ0n) is 8.42. The van der Waals surface area contributed by atoms with Gasteiger partial charge in [0.15, 0.2) is 7.37 Å². The lowest BCUT2D eigenvalue weighted by Crippen LogP contribution is -2.16. The molecule has 6 nitrogen and oxygen atoms in total. The van der Waals surface area contributed by atoms with Gasteiger partial charge in [-0.2, -0.15) is 0 Å². The number of carbonyl (C=O) groups is 2. The van der Waals surface area contributed by atoms with Crippen molar-refractivity contribution in [1.29, 1.82) is 0 Å². The summed E-state index contributed by atoms with van der Waals surface area (Å²) < 4.78 is 10.9. The van der Waals surface area contributed by atoms with Crippen LogP contribution < -0.4 is 0 Å². The predicted molar refractivity (Wildman–Crippen MR) is 53.2 cm³/mol. The van der Waals surface area contributed by atoms with Crippen molar-refractivity contribution in [2.75, 3.05) is 12.8 Å². The molecule has 7 heteroatoms. The maximum absolute atomic E-state index is 10.9. The Morgan fingerprint density at radius 2 is 1.80 bits per heavy atom. The summed E-state index contributed by atoms with van der Waals surface area (Å²) in [6.45, 7) is 1.16. The lowest BCUT2D eigenvalue weighted by Gasteiger charge is -2.11. The number of hydrogen-bond acceptors (Lipinski definition) is 3. The third-order valence-electron chi connectivity index (χ3n) is 1.95. The Bertz CT molecular complexity index is 281. The first-order valence-corrected chi connectivity index (χ1v) is 6.75. The van der Waals surface area contributed by atoms with E-state index in [4.69, 9.17) is 15.1 Å². The molecule has 2 atom stereocenters. The van der Waals surface area contributed by atoms with E-state index >= 15 is 0 Å². The van der Waals surface area contributed by atoms with E-state index in [0.717, 1.165) is 6.66 Å². The van der Waals surface area contributed by atoms with Gasteiger partial charge in [-0.05, 0) is 12.8 Å². The third kappa shape index (κ3) is 8.15. The van der Waals surface area contributed by atoms with E-state index in [1.54, 1.807) is 0 Å². The fraction of sp³-hybridized carbons (Fsp3) is 0.750. The van der Waals surface area contributed by atoms with E-state index in [2.05, 4.69) is 0 Å². The van der Waals surface area contributed by atoms with Crippen molar-refractivity contribution in [3.8, 4) is 0 Å². The van der Waals surface area contributed by atoms with E-state index in [1.165, 1.54) is 0 Å². The largest absolute Gasteiger partial charge is 0.481 e. The Labute approximate surface area is 87.4 Å². The molecule has 0 aliphatic heterocycles. The van der Waals surface area contributed by atoms with Crippen molar-refractivity contribution >= 4 is 19.3 Å². The van der Waals surface area contributed by atoms with Gasteiger partial charge in [0.2, 0.25) is 0 Å². The summed E-state index contributed by atoms with van der Waals surface area (Å²) in [5.41, 5.74) is 0. The normalized spacial score (nSPS) is 16.7. The quantitative estimate of drug-likeness (QED) is 0.566. The third-order valence-corrected chi connectivity index (χ3v) is 3.04. The molecule has 88 valence electrons. The number of carboxylic acids is 2. The Morgan fingerprint density at radius 1 is 1.27 bits per heavy atom. The first-order chi connectivity index (χ1) is 6.72. The fourth-order valence-corrected chi connectivity index (χ4v) is 1.88. The van der Waals surface area contributed by atoms with Crippen LogP contribution in [0, 0.1) is 5.92 Å². The fourth-order valence-electron chi connectivity index (χ4n) is 1.08. The maximum atomic E-state index is 10.9. The summed E-state index contributed by atoms with van der Waals surface area (Å²) in [7, 11) is -3.22. The monoisotopic (exact) mass is 238 g/mol. The summed E-state index contributed by atoms with van der Waals surface area (Å²) in [5.74, 6) is -3.05. The van der Waals surface area contributed by atoms with Gasteiger partial charge in [-0.25, -0.2) is 0 Å². The molecule has 0 aromatic heterocycles. The number of aliphatic carboxylic acids is 2. The van der Waals surface area contributed by atoms with Gasteiger partial charge in [0, 0.05) is 19.2 Å². The molecule has 0 spiro atoms. The minimum absolute atomic E-state index is 0.00926. The second-order valence-corrected chi connectivity index (χ2v) is 6.08. The highest BCUT2D eigenvalue weighted by Crippen LogP contribution is 2.37. The van der Waals surface area contributed by atoms with Gasteiger partial charge in [-0.3, -0.25) is 14.2 Å². The van der Waals surface area contributed by atoms with Gasteiger partial charge in [0.05, 0.1) is 5.92 Å². The summed E-state index contributed by atoms with van der Waals surface area (Å²) in [4.78, 5) is 29.9. The molecule has 0 rings (SSSR count). The average Bonchev–Trinajstić information content (AvgIpc) is 2.00. The standard InChI is InChI=1S/C8H15O6P/c1-15(13,14)5-4-6(8(11)12)2-3-7(9)10/h6H,2-5H2,1H3,(H,9,10)(H,11,12)(H,13,14). The van der Waals surface area contributed by atoms with E-state index < -0.39 is 25.2 Å². The molecule has 0 saturated heterocycles. The summed E-state index contributed by atoms with van der Waals surface area (Å²) in [5, 5.41) is 17.1. The van der Waals surface area contributed by atoms with Crippen molar-refractivity contribution < 1.29 is 29.3 Å². The van der Waals surface area contributed by atoms with Gasteiger partial charge in [-0.15, -0.1) is 0 Å². The summed E-state index contributed by atoms with van der Waals surface area (Å²) in [6.07, 6.45) is -0.308. The molecular weight excluding hydrogens is 223 g/mol. The Morgan fingerprint density at radius 3 is 2.13 bits per heavy atom. The highest BCUT2D eigenvalue weighted by molar-refractivity contribution is 7.57. The lowest BCUT2D eigenvalue weighted by molar-refractivity contribution is -0.143. The van der Waals surface area contributed by atoms with Crippen molar-refractivity contribution in [2.45, 2.75) is 19.3 Å². The molecule has 0 amide bonds. The van der Waals surface area contributed by atoms with Crippen LogP contribution in [0.4, 0.5) is 0 Å². The Kier molecular flexibility index (Phi) is 5.54. The minimum Gasteiger partial charge on any atom is -0.481 e. The minimum atomic E-state index is -3.22. The SMILES string of the molecule is CP(=O)(O)CCC(CCC(=O)O)C(=O)O. The van der Waals surface area contributed by atoms with Gasteiger partial charge >= 0.3 is 11.9 Å². The van der Waals surface area contributed by atoms with Gasteiger partial charge in [0.25, 0.3) is 0 Å². The molecular formula is C8H15O6P. The zero-order chi connectivity index (χ0) is 12.1. The number of carboxylic acid groups (broad SMARTS) is 2. The molecule has 0 aliphatic carbocycles. The molecule has 0 bridgehead atoms. The number of rotatable bonds is 7. The molecule has 0 aromatic rings. The molecule has 15 heavy (non-hydrogen) atoms. The Hall–Kier alpha value is -0.870. The van der Waals surface area contributed by atoms with Crippen LogP contribution in [-0.2, 0) is 14.2 Å². The molecule has 0 heterocycles. The summed E-state index contributed by atoms with van der Waals surface area (Å²) in [6, 6.07) is 0. The van der Waals surface area contributed by atoms with Gasteiger partial charge in [-0.1, -0.05) is 0 Å². The molecule has 0 radical (unpaired) electrons. The first-order valence-electron chi connectivity index (χ1n) is 4.46. The van der Waals surface area contributed by atoms with Crippen LogP contribution in [0.1, 0.15) is 19.3 Å². The summed E-state index contributed by atoms with van der Waals surface area (Å²) >= 11 is 0. The molecule has 3 N–H and O–H groups in total. The van der Waals surface area contributed by atoms with Crippen LogP contribution in [0.2, 0.25) is 0 Å². The highest BCUT2D eigenvalue weighted by atomic mass is 31.2. The molecule has 0 aromatic carbocycles. The van der Waals surface area contributed by atoms with Gasteiger partial charge < -0.3 is 15.1 Å². The second-order valence-electron chi connectivity index (χ2n) is 3.53. The smallest absolute Gasteiger partial charge is 0.306 e. The Balaban J connectivity index is 4.11.